The molecule has 0 heterocycles. The highest BCUT2D eigenvalue weighted by atomic mass is 14.9. The van der Waals surface area contributed by atoms with Crippen molar-refractivity contribution < 1.29 is 0 Å². The fourth-order valence-corrected chi connectivity index (χ4v) is 1.48. The highest BCUT2D eigenvalue weighted by molar-refractivity contribution is 5.48. The summed E-state index contributed by atoms with van der Waals surface area (Å²) < 4.78 is 0. The van der Waals surface area contributed by atoms with E-state index in [-0.39, 0.29) is 0 Å². The summed E-state index contributed by atoms with van der Waals surface area (Å²) in [5.74, 6) is 0. The molecule has 0 saturated carbocycles. The Morgan fingerprint density at radius 2 is 2.00 bits per heavy atom. The lowest BCUT2D eigenvalue weighted by Gasteiger charge is -2.12. The molecule has 0 bridgehead atoms. The first-order valence-electron chi connectivity index (χ1n) is 4.99. The highest BCUT2D eigenvalue weighted by Gasteiger charge is 1.99. The van der Waals surface area contributed by atoms with E-state index in [2.05, 4.69) is 51.2 Å². The van der Waals surface area contributed by atoms with Crippen molar-refractivity contribution in [3.63, 3.8) is 0 Å². The van der Waals surface area contributed by atoms with Gasteiger partial charge in [0.25, 0.3) is 0 Å². The molecule has 0 spiro atoms. The normalized spacial score (nSPS) is 10.5. The maximum Gasteiger partial charge on any atom is 0.0345 e. The van der Waals surface area contributed by atoms with Gasteiger partial charge in [0.15, 0.2) is 0 Å². The molecular weight excluding hydrogens is 158 g/mol. The zero-order valence-corrected chi connectivity index (χ0v) is 9.02. The molecule has 0 amide bonds. The molecule has 72 valence electrons. The lowest BCUT2D eigenvalue weighted by atomic mass is 10.1. The molecule has 13 heavy (non-hydrogen) atoms. The van der Waals surface area contributed by atoms with E-state index >= 15 is 0 Å². The van der Waals surface area contributed by atoms with Crippen molar-refractivity contribution in [1.29, 1.82) is 0 Å². The summed E-state index contributed by atoms with van der Waals surface area (Å²) in [6.07, 6.45) is 1.11. The second-order valence-electron chi connectivity index (χ2n) is 3.79. The van der Waals surface area contributed by atoms with Crippen LogP contribution in [-0.4, -0.2) is 6.04 Å². The largest absolute Gasteiger partial charge is 0.383 e. The van der Waals surface area contributed by atoms with Gasteiger partial charge >= 0.3 is 0 Å². The van der Waals surface area contributed by atoms with Crippen LogP contribution in [-0.2, 0) is 6.42 Å². The van der Waals surface area contributed by atoms with Gasteiger partial charge in [0.1, 0.15) is 0 Å². The Labute approximate surface area is 81.2 Å². The Morgan fingerprint density at radius 1 is 1.31 bits per heavy atom. The van der Waals surface area contributed by atoms with E-state index in [1.807, 2.05) is 0 Å². The molecule has 1 aromatic carbocycles. The third-order valence-electron chi connectivity index (χ3n) is 2.19. The number of anilines is 1. The van der Waals surface area contributed by atoms with Crippen LogP contribution < -0.4 is 5.32 Å². The maximum atomic E-state index is 3.41. The average molecular weight is 177 g/mol. The zero-order chi connectivity index (χ0) is 9.84. The van der Waals surface area contributed by atoms with Crippen molar-refractivity contribution in [3.05, 3.63) is 29.3 Å². The van der Waals surface area contributed by atoms with Gasteiger partial charge in [-0.2, -0.15) is 0 Å². The summed E-state index contributed by atoms with van der Waals surface area (Å²) in [5, 5.41) is 3.41. The predicted octanol–water partition coefficient (Wildman–Crippen LogP) is 3.38. The number of nitrogens with one attached hydrogen (secondary N) is 1. The highest BCUT2D eigenvalue weighted by Crippen LogP contribution is 2.16. The molecule has 0 aliphatic carbocycles. The quantitative estimate of drug-likeness (QED) is 0.746. The standard InChI is InChI=1S/C12H19N/c1-5-11-8-12(13-9(2)3)7-6-10(11)4/h6-9,13H,5H2,1-4H3. The molecular formula is C12H19N. The van der Waals surface area contributed by atoms with Crippen molar-refractivity contribution in [2.75, 3.05) is 5.32 Å². The van der Waals surface area contributed by atoms with E-state index in [4.69, 9.17) is 0 Å². The predicted molar refractivity (Wildman–Crippen MR) is 59.3 cm³/mol. The molecule has 1 heteroatoms. The van der Waals surface area contributed by atoms with Gasteiger partial charge < -0.3 is 5.32 Å². The maximum absolute atomic E-state index is 3.41. The summed E-state index contributed by atoms with van der Waals surface area (Å²) in [6.45, 7) is 8.68. The third-order valence-corrected chi connectivity index (χ3v) is 2.19. The first kappa shape index (κ1) is 10.1. The monoisotopic (exact) mass is 177 g/mol. The Bertz CT molecular complexity index is 276. The van der Waals surface area contributed by atoms with Gasteiger partial charge in [-0.05, 0) is 50.5 Å². The number of hydrogen-bond donors (Lipinski definition) is 1. The molecule has 0 aromatic heterocycles. The van der Waals surface area contributed by atoms with E-state index in [1.54, 1.807) is 0 Å². The lowest BCUT2D eigenvalue weighted by Crippen LogP contribution is -2.09. The van der Waals surface area contributed by atoms with Gasteiger partial charge in [0.05, 0.1) is 0 Å². The van der Waals surface area contributed by atoms with Crippen LogP contribution in [0, 0.1) is 6.92 Å². The summed E-state index contributed by atoms with van der Waals surface area (Å²) in [5.41, 5.74) is 4.06. The minimum atomic E-state index is 0.507. The van der Waals surface area contributed by atoms with Crippen LogP contribution >= 0.6 is 0 Å². The van der Waals surface area contributed by atoms with Gasteiger partial charge in [0.2, 0.25) is 0 Å². The fourth-order valence-electron chi connectivity index (χ4n) is 1.48. The van der Waals surface area contributed by atoms with Crippen molar-refractivity contribution in [1.82, 2.24) is 0 Å². The van der Waals surface area contributed by atoms with Crippen LogP contribution in [0.25, 0.3) is 0 Å². The molecule has 1 aromatic rings. The topological polar surface area (TPSA) is 12.0 Å². The molecule has 0 saturated heterocycles. The smallest absolute Gasteiger partial charge is 0.0345 e. The minimum Gasteiger partial charge on any atom is -0.383 e. The first-order valence-corrected chi connectivity index (χ1v) is 4.99. The Morgan fingerprint density at radius 3 is 2.54 bits per heavy atom. The second-order valence-corrected chi connectivity index (χ2v) is 3.79. The molecule has 0 aliphatic rings. The van der Waals surface area contributed by atoms with Crippen LogP contribution in [0.4, 0.5) is 5.69 Å². The average Bonchev–Trinajstić information content (AvgIpc) is 2.07. The number of benzene rings is 1. The molecule has 1 rings (SSSR count). The van der Waals surface area contributed by atoms with E-state index < -0.39 is 0 Å². The third kappa shape index (κ3) is 2.76. The van der Waals surface area contributed by atoms with Gasteiger partial charge in [0, 0.05) is 11.7 Å². The van der Waals surface area contributed by atoms with E-state index in [0.717, 1.165) is 6.42 Å². The van der Waals surface area contributed by atoms with Crippen LogP contribution in [0.1, 0.15) is 31.9 Å². The van der Waals surface area contributed by atoms with Crippen molar-refractivity contribution in [3.8, 4) is 0 Å². The second kappa shape index (κ2) is 4.31. The Hall–Kier alpha value is -0.980. The lowest BCUT2D eigenvalue weighted by molar-refractivity contribution is 0.898. The SMILES string of the molecule is CCc1cc(NC(C)C)ccc1C. The van der Waals surface area contributed by atoms with Crippen LogP contribution in [0.15, 0.2) is 18.2 Å². The molecule has 0 unspecified atom stereocenters. The van der Waals surface area contributed by atoms with E-state index in [0.29, 0.717) is 6.04 Å². The van der Waals surface area contributed by atoms with Gasteiger partial charge in [-0.3, -0.25) is 0 Å². The Kier molecular flexibility index (Phi) is 3.35. The zero-order valence-electron chi connectivity index (χ0n) is 9.02. The van der Waals surface area contributed by atoms with Crippen LogP contribution in [0.2, 0.25) is 0 Å². The summed E-state index contributed by atoms with van der Waals surface area (Å²) in [6, 6.07) is 7.08. The van der Waals surface area contributed by atoms with Crippen molar-refractivity contribution in [2.24, 2.45) is 0 Å². The van der Waals surface area contributed by atoms with Gasteiger partial charge in [-0.25, -0.2) is 0 Å². The summed E-state index contributed by atoms with van der Waals surface area (Å²) in [4.78, 5) is 0. The van der Waals surface area contributed by atoms with E-state index in [9.17, 15) is 0 Å². The molecule has 0 radical (unpaired) electrons. The first-order chi connectivity index (χ1) is 6.13. The summed E-state index contributed by atoms with van der Waals surface area (Å²) in [7, 11) is 0. The van der Waals surface area contributed by atoms with Gasteiger partial charge in [-0.15, -0.1) is 0 Å². The Balaban J connectivity index is 2.86. The van der Waals surface area contributed by atoms with Crippen LogP contribution in [0.5, 0.6) is 0 Å². The molecule has 0 aliphatic heterocycles. The summed E-state index contributed by atoms with van der Waals surface area (Å²) >= 11 is 0. The molecule has 1 nitrogen and oxygen atoms in total. The van der Waals surface area contributed by atoms with Crippen LogP contribution in [0.3, 0.4) is 0 Å². The number of aryl methyl sites for hydroxylation is 2. The molecule has 0 atom stereocenters. The minimum absolute atomic E-state index is 0.507. The van der Waals surface area contributed by atoms with Crippen molar-refractivity contribution in [2.45, 2.75) is 40.2 Å². The number of hydrogen-bond acceptors (Lipinski definition) is 1. The van der Waals surface area contributed by atoms with E-state index in [1.165, 1.54) is 16.8 Å². The van der Waals surface area contributed by atoms with Crippen molar-refractivity contribution >= 4 is 5.69 Å². The van der Waals surface area contributed by atoms with Gasteiger partial charge in [-0.1, -0.05) is 13.0 Å². The fraction of sp³-hybridized carbons (Fsp3) is 0.500. The molecule has 0 fully saturated rings. The molecule has 1 N–H and O–H groups in total. The number of rotatable bonds is 3.